The summed E-state index contributed by atoms with van der Waals surface area (Å²) < 4.78 is 11.4. The fourth-order valence-corrected chi connectivity index (χ4v) is 4.60. The van der Waals surface area contributed by atoms with E-state index < -0.39 is 0 Å². The Balaban J connectivity index is 1.56. The van der Waals surface area contributed by atoms with Crippen LogP contribution in [-0.2, 0) is 9.47 Å². The summed E-state index contributed by atoms with van der Waals surface area (Å²) in [6.45, 7) is 1.05. The van der Waals surface area contributed by atoms with E-state index in [1.165, 1.54) is 38.5 Å². The minimum absolute atomic E-state index is 0.182. The van der Waals surface area contributed by atoms with Crippen LogP contribution in [0.2, 0.25) is 0 Å². The van der Waals surface area contributed by atoms with Crippen molar-refractivity contribution >= 4 is 11.6 Å². The molecule has 0 unspecified atom stereocenters. The van der Waals surface area contributed by atoms with Crippen LogP contribution in [0.5, 0.6) is 0 Å². The minimum atomic E-state index is 0.182. The van der Waals surface area contributed by atoms with Crippen molar-refractivity contribution in [3.63, 3.8) is 0 Å². The summed E-state index contributed by atoms with van der Waals surface area (Å²) in [7, 11) is 0. The van der Waals surface area contributed by atoms with Gasteiger partial charge >= 0.3 is 0 Å². The summed E-state index contributed by atoms with van der Waals surface area (Å²) in [6.07, 6.45) is 8.23. The summed E-state index contributed by atoms with van der Waals surface area (Å²) in [6, 6.07) is 0. The molecule has 3 heteroatoms. The SMILES string of the molecule is ClCCOCOC12CC3CC(CC(C3)C1)C2. The van der Waals surface area contributed by atoms with Crippen LogP contribution in [0.3, 0.4) is 0 Å². The topological polar surface area (TPSA) is 18.5 Å². The fraction of sp³-hybridized carbons (Fsp3) is 1.00. The lowest BCUT2D eigenvalue weighted by Gasteiger charge is -2.56. The smallest absolute Gasteiger partial charge is 0.147 e. The molecule has 0 radical (unpaired) electrons. The van der Waals surface area contributed by atoms with Crippen molar-refractivity contribution in [2.45, 2.75) is 44.1 Å². The maximum Gasteiger partial charge on any atom is 0.147 e. The van der Waals surface area contributed by atoms with Crippen LogP contribution in [0.15, 0.2) is 0 Å². The van der Waals surface area contributed by atoms with Gasteiger partial charge in [-0.25, -0.2) is 0 Å². The molecule has 0 aromatic carbocycles. The normalized spacial score (nSPS) is 45.2. The molecule has 0 aromatic heterocycles. The predicted molar refractivity (Wildman–Crippen MR) is 63.5 cm³/mol. The lowest BCUT2D eigenvalue weighted by Crippen LogP contribution is -2.52. The van der Waals surface area contributed by atoms with Gasteiger partial charge in [0.2, 0.25) is 0 Å². The second-order valence-electron chi connectivity index (χ2n) is 5.96. The zero-order chi connectivity index (χ0) is 11.0. The Morgan fingerprint density at radius 2 is 1.56 bits per heavy atom. The van der Waals surface area contributed by atoms with Crippen molar-refractivity contribution < 1.29 is 9.47 Å². The van der Waals surface area contributed by atoms with Crippen LogP contribution < -0.4 is 0 Å². The molecule has 4 bridgehead atoms. The standard InChI is InChI=1S/C13H21ClO2/c14-1-2-15-9-16-13-6-10-3-11(7-13)5-12(4-10)8-13/h10-12H,1-9H2. The van der Waals surface area contributed by atoms with E-state index in [9.17, 15) is 0 Å². The zero-order valence-electron chi connectivity index (χ0n) is 9.79. The second-order valence-corrected chi connectivity index (χ2v) is 6.34. The molecule has 0 N–H and O–H groups in total. The molecule has 4 rings (SSSR count). The van der Waals surface area contributed by atoms with Crippen molar-refractivity contribution in [2.24, 2.45) is 17.8 Å². The summed E-state index contributed by atoms with van der Waals surface area (Å²) in [5, 5.41) is 0. The Bertz CT molecular complexity index is 219. The molecule has 4 aliphatic carbocycles. The first kappa shape index (κ1) is 11.3. The third-order valence-corrected chi connectivity index (χ3v) is 4.81. The Labute approximate surface area is 103 Å². The highest BCUT2D eigenvalue weighted by atomic mass is 35.5. The molecule has 92 valence electrons. The quantitative estimate of drug-likeness (QED) is 0.420. The average molecular weight is 245 g/mol. The van der Waals surface area contributed by atoms with Crippen LogP contribution in [0.1, 0.15) is 38.5 Å². The van der Waals surface area contributed by atoms with E-state index in [-0.39, 0.29) is 5.60 Å². The molecular weight excluding hydrogens is 224 g/mol. The molecule has 0 atom stereocenters. The van der Waals surface area contributed by atoms with Crippen LogP contribution in [0, 0.1) is 17.8 Å². The second kappa shape index (κ2) is 4.47. The van der Waals surface area contributed by atoms with E-state index in [0.29, 0.717) is 19.3 Å². The average Bonchev–Trinajstić information content (AvgIpc) is 2.22. The first-order valence-electron chi connectivity index (χ1n) is 6.57. The van der Waals surface area contributed by atoms with Crippen molar-refractivity contribution in [2.75, 3.05) is 19.3 Å². The van der Waals surface area contributed by atoms with Gasteiger partial charge in [-0.15, -0.1) is 11.6 Å². The molecule has 4 saturated carbocycles. The van der Waals surface area contributed by atoms with E-state index in [4.69, 9.17) is 21.1 Å². The van der Waals surface area contributed by atoms with E-state index in [2.05, 4.69) is 0 Å². The number of halogens is 1. The number of hydrogen-bond donors (Lipinski definition) is 0. The third-order valence-electron chi connectivity index (χ3n) is 4.65. The van der Waals surface area contributed by atoms with Gasteiger partial charge in [0, 0.05) is 5.88 Å². The Kier molecular flexibility index (Phi) is 3.16. The van der Waals surface area contributed by atoms with Gasteiger partial charge in [-0.05, 0) is 56.3 Å². The lowest BCUT2D eigenvalue weighted by atomic mass is 9.54. The van der Waals surface area contributed by atoms with E-state index in [1.807, 2.05) is 0 Å². The van der Waals surface area contributed by atoms with Gasteiger partial charge in [-0.3, -0.25) is 0 Å². The minimum Gasteiger partial charge on any atom is -0.354 e. The highest BCUT2D eigenvalue weighted by Gasteiger charge is 2.51. The number of hydrogen-bond acceptors (Lipinski definition) is 2. The van der Waals surface area contributed by atoms with Gasteiger partial charge in [-0.2, -0.15) is 0 Å². The Morgan fingerprint density at radius 1 is 1.00 bits per heavy atom. The monoisotopic (exact) mass is 244 g/mol. The predicted octanol–water partition coefficient (Wildman–Crippen LogP) is 3.18. The maximum absolute atomic E-state index is 6.06. The van der Waals surface area contributed by atoms with Gasteiger partial charge in [0.05, 0.1) is 12.2 Å². The third kappa shape index (κ3) is 2.12. The summed E-state index contributed by atoms with van der Waals surface area (Å²) in [5.74, 6) is 3.39. The molecule has 0 amide bonds. The highest BCUT2D eigenvalue weighted by molar-refractivity contribution is 6.17. The molecule has 0 spiro atoms. The van der Waals surface area contributed by atoms with Gasteiger partial charge in [0.25, 0.3) is 0 Å². The van der Waals surface area contributed by atoms with Crippen LogP contribution in [0.4, 0.5) is 0 Å². The van der Waals surface area contributed by atoms with Gasteiger partial charge in [-0.1, -0.05) is 0 Å². The van der Waals surface area contributed by atoms with Crippen LogP contribution in [0.25, 0.3) is 0 Å². The number of rotatable bonds is 5. The van der Waals surface area contributed by atoms with Crippen LogP contribution in [-0.4, -0.2) is 24.9 Å². The molecule has 0 heterocycles. The molecular formula is C13H21ClO2. The van der Waals surface area contributed by atoms with Gasteiger partial charge < -0.3 is 9.47 Å². The molecule has 0 aliphatic heterocycles. The largest absolute Gasteiger partial charge is 0.354 e. The van der Waals surface area contributed by atoms with E-state index in [1.54, 1.807) is 0 Å². The summed E-state index contributed by atoms with van der Waals surface area (Å²) >= 11 is 5.58. The zero-order valence-corrected chi connectivity index (χ0v) is 10.5. The highest BCUT2D eigenvalue weighted by Crippen LogP contribution is 2.57. The van der Waals surface area contributed by atoms with Crippen molar-refractivity contribution in [1.29, 1.82) is 0 Å². The molecule has 16 heavy (non-hydrogen) atoms. The lowest BCUT2D eigenvalue weighted by molar-refractivity contribution is -0.207. The first-order valence-corrected chi connectivity index (χ1v) is 7.11. The van der Waals surface area contributed by atoms with E-state index >= 15 is 0 Å². The Morgan fingerprint density at radius 3 is 2.06 bits per heavy atom. The first-order chi connectivity index (χ1) is 7.80. The van der Waals surface area contributed by atoms with Crippen molar-refractivity contribution in [3.8, 4) is 0 Å². The fourth-order valence-electron chi connectivity index (χ4n) is 4.49. The maximum atomic E-state index is 6.06. The summed E-state index contributed by atoms with van der Waals surface area (Å²) in [5.41, 5.74) is 0.182. The number of ether oxygens (including phenoxy) is 2. The molecule has 0 saturated heterocycles. The van der Waals surface area contributed by atoms with E-state index in [0.717, 1.165) is 17.8 Å². The van der Waals surface area contributed by atoms with Gasteiger partial charge in [0.1, 0.15) is 6.79 Å². The van der Waals surface area contributed by atoms with Crippen LogP contribution >= 0.6 is 11.6 Å². The van der Waals surface area contributed by atoms with Crippen molar-refractivity contribution in [1.82, 2.24) is 0 Å². The summed E-state index contributed by atoms with van der Waals surface area (Å²) in [4.78, 5) is 0. The van der Waals surface area contributed by atoms with Gasteiger partial charge in [0.15, 0.2) is 0 Å². The Hall–Kier alpha value is 0.210. The molecule has 4 fully saturated rings. The number of alkyl halides is 1. The molecule has 0 aromatic rings. The molecule has 2 nitrogen and oxygen atoms in total. The van der Waals surface area contributed by atoms with Crippen molar-refractivity contribution in [3.05, 3.63) is 0 Å². The molecule has 4 aliphatic rings.